The van der Waals surface area contributed by atoms with E-state index in [-0.39, 0.29) is 11.8 Å². The number of ether oxygens (including phenoxy) is 1. The van der Waals surface area contributed by atoms with Crippen molar-refractivity contribution in [3.05, 3.63) is 29.8 Å². The molecule has 5 heteroatoms. The molecule has 0 amide bonds. The van der Waals surface area contributed by atoms with Crippen LogP contribution in [0, 0.1) is 0 Å². The van der Waals surface area contributed by atoms with Crippen molar-refractivity contribution in [3.8, 4) is 5.75 Å². The standard InChI is InChI=1S/C13H19NO3S/c1-10(9-18(2,15)16)14-7-11-8-17-13-6-4-3-5-12(11)13/h3-6,10-11,14H,7-9H2,1-2H3. The minimum atomic E-state index is -2.92. The van der Waals surface area contributed by atoms with Gasteiger partial charge >= 0.3 is 0 Å². The summed E-state index contributed by atoms with van der Waals surface area (Å²) in [6, 6.07) is 7.96. The minimum Gasteiger partial charge on any atom is -0.493 e. The number of fused-ring (bicyclic) bond motifs is 1. The van der Waals surface area contributed by atoms with E-state index in [1.54, 1.807) is 0 Å². The highest BCUT2D eigenvalue weighted by Gasteiger charge is 2.24. The molecule has 0 radical (unpaired) electrons. The Morgan fingerprint density at radius 3 is 2.89 bits per heavy atom. The van der Waals surface area contributed by atoms with Gasteiger partial charge in [0.15, 0.2) is 0 Å². The minimum absolute atomic E-state index is 0.0345. The molecular weight excluding hydrogens is 250 g/mol. The molecule has 1 N–H and O–H groups in total. The van der Waals surface area contributed by atoms with Crippen LogP contribution in [0.4, 0.5) is 0 Å². The van der Waals surface area contributed by atoms with E-state index in [9.17, 15) is 8.42 Å². The zero-order valence-corrected chi connectivity index (χ0v) is 11.5. The van der Waals surface area contributed by atoms with Gasteiger partial charge in [-0.2, -0.15) is 0 Å². The van der Waals surface area contributed by atoms with Crippen LogP contribution in [0.1, 0.15) is 18.4 Å². The van der Waals surface area contributed by atoms with Gasteiger partial charge in [-0.1, -0.05) is 18.2 Å². The van der Waals surface area contributed by atoms with Crippen LogP contribution in [-0.4, -0.2) is 39.6 Å². The third-order valence-electron chi connectivity index (χ3n) is 3.06. The number of rotatable bonds is 5. The number of sulfone groups is 1. The molecule has 2 atom stereocenters. The molecule has 0 fully saturated rings. The first-order valence-electron chi connectivity index (χ1n) is 6.08. The first-order valence-corrected chi connectivity index (χ1v) is 8.14. The Morgan fingerprint density at radius 2 is 2.17 bits per heavy atom. The van der Waals surface area contributed by atoms with Crippen molar-refractivity contribution in [2.45, 2.75) is 18.9 Å². The average Bonchev–Trinajstić information content (AvgIpc) is 2.67. The second-order valence-electron chi connectivity index (χ2n) is 4.95. The summed E-state index contributed by atoms with van der Waals surface area (Å²) in [5, 5.41) is 3.26. The molecule has 2 unspecified atom stereocenters. The van der Waals surface area contributed by atoms with Crippen LogP contribution in [0.3, 0.4) is 0 Å². The summed E-state index contributed by atoms with van der Waals surface area (Å²) in [5.41, 5.74) is 1.21. The molecule has 0 aromatic heterocycles. The number of hydrogen-bond donors (Lipinski definition) is 1. The lowest BCUT2D eigenvalue weighted by Gasteiger charge is -2.15. The van der Waals surface area contributed by atoms with Crippen LogP contribution >= 0.6 is 0 Å². The number of hydrogen-bond acceptors (Lipinski definition) is 4. The largest absolute Gasteiger partial charge is 0.493 e. The number of para-hydroxylation sites is 1. The highest BCUT2D eigenvalue weighted by atomic mass is 32.2. The van der Waals surface area contributed by atoms with Crippen LogP contribution < -0.4 is 10.1 Å². The van der Waals surface area contributed by atoms with Gasteiger partial charge in [0.2, 0.25) is 0 Å². The molecule has 4 nitrogen and oxygen atoms in total. The zero-order valence-electron chi connectivity index (χ0n) is 10.7. The predicted octanol–water partition coefficient (Wildman–Crippen LogP) is 1.19. The van der Waals surface area contributed by atoms with E-state index < -0.39 is 9.84 Å². The van der Waals surface area contributed by atoms with Crippen molar-refractivity contribution in [2.75, 3.05) is 25.2 Å². The Morgan fingerprint density at radius 1 is 1.44 bits per heavy atom. The molecule has 2 rings (SSSR count). The summed E-state index contributed by atoms with van der Waals surface area (Å²) in [4.78, 5) is 0. The maximum absolute atomic E-state index is 11.2. The molecule has 18 heavy (non-hydrogen) atoms. The molecule has 0 saturated heterocycles. The molecule has 1 heterocycles. The van der Waals surface area contributed by atoms with Crippen molar-refractivity contribution in [3.63, 3.8) is 0 Å². The van der Waals surface area contributed by atoms with E-state index in [4.69, 9.17) is 4.74 Å². The van der Waals surface area contributed by atoms with Crippen molar-refractivity contribution < 1.29 is 13.2 Å². The first-order chi connectivity index (χ1) is 8.46. The smallest absolute Gasteiger partial charge is 0.148 e. The maximum Gasteiger partial charge on any atom is 0.148 e. The highest BCUT2D eigenvalue weighted by Crippen LogP contribution is 2.32. The van der Waals surface area contributed by atoms with Gasteiger partial charge in [0.25, 0.3) is 0 Å². The van der Waals surface area contributed by atoms with Crippen LogP contribution in [0.5, 0.6) is 5.75 Å². The van der Waals surface area contributed by atoms with E-state index in [1.165, 1.54) is 11.8 Å². The molecular formula is C13H19NO3S. The van der Waals surface area contributed by atoms with E-state index >= 15 is 0 Å². The summed E-state index contributed by atoms with van der Waals surface area (Å²) >= 11 is 0. The second-order valence-corrected chi connectivity index (χ2v) is 7.13. The lowest BCUT2D eigenvalue weighted by Crippen LogP contribution is -2.35. The van der Waals surface area contributed by atoms with Crippen LogP contribution in [-0.2, 0) is 9.84 Å². The lowest BCUT2D eigenvalue weighted by atomic mass is 10.0. The molecule has 1 aliphatic rings. The summed E-state index contributed by atoms with van der Waals surface area (Å²) in [6.45, 7) is 3.30. The Bertz CT molecular complexity index is 513. The summed E-state index contributed by atoms with van der Waals surface area (Å²) in [6.07, 6.45) is 1.26. The van der Waals surface area contributed by atoms with Crippen LogP contribution in [0.25, 0.3) is 0 Å². The molecule has 1 aromatic carbocycles. The fourth-order valence-corrected chi connectivity index (χ4v) is 3.28. The summed E-state index contributed by atoms with van der Waals surface area (Å²) in [5.74, 6) is 1.42. The van der Waals surface area contributed by atoms with E-state index in [2.05, 4.69) is 11.4 Å². The Labute approximate surface area is 108 Å². The molecule has 0 aliphatic carbocycles. The molecule has 0 bridgehead atoms. The normalized spacial score (nSPS) is 20.2. The predicted molar refractivity (Wildman–Crippen MR) is 71.9 cm³/mol. The van der Waals surface area contributed by atoms with Gasteiger partial charge in [-0.05, 0) is 13.0 Å². The zero-order chi connectivity index (χ0) is 13.2. The summed E-state index contributed by atoms with van der Waals surface area (Å²) < 4.78 is 27.9. The quantitative estimate of drug-likeness (QED) is 0.872. The molecule has 1 aromatic rings. The molecule has 100 valence electrons. The van der Waals surface area contributed by atoms with Gasteiger partial charge < -0.3 is 10.1 Å². The second kappa shape index (κ2) is 5.28. The Balaban J connectivity index is 1.89. The summed E-state index contributed by atoms with van der Waals surface area (Å²) in [7, 11) is -2.92. The third-order valence-corrected chi connectivity index (χ3v) is 4.17. The van der Waals surface area contributed by atoms with Gasteiger partial charge in [-0.3, -0.25) is 0 Å². The van der Waals surface area contributed by atoms with Gasteiger partial charge in [0, 0.05) is 30.3 Å². The topological polar surface area (TPSA) is 55.4 Å². The van der Waals surface area contributed by atoms with Crippen LogP contribution in [0.15, 0.2) is 24.3 Å². The van der Waals surface area contributed by atoms with Crippen molar-refractivity contribution in [1.82, 2.24) is 5.32 Å². The van der Waals surface area contributed by atoms with Gasteiger partial charge in [-0.25, -0.2) is 8.42 Å². The van der Waals surface area contributed by atoms with E-state index in [1.807, 2.05) is 25.1 Å². The molecule has 1 aliphatic heterocycles. The highest BCUT2D eigenvalue weighted by molar-refractivity contribution is 7.90. The fraction of sp³-hybridized carbons (Fsp3) is 0.538. The first kappa shape index (κ1) is 13.4. The van der Waals surface area contributed by atoms with Crippen molar-refractivity contribution >= 4 is 9.84 Å². The molecule has 0 spiro atoms. The van der Waals surface area contributed by atoms with Gasteiger partial charge in [0.05, 0.1) is 12.4 Å². The van der Waals surface area contributed by atoms with E-state index in [0.717, 1.165) is 12.3 Å². The fourth-order valence-electron chi connectivity index (χ4n) is 2.25. The Kier molecular flexibility index (Phi) is 3.92. The molecule has 0 saturated carbocycles. The lowest BCUT2D eigenvalue weighted by molar-refractivity contribution is 0.324. The Hall–Kier alpha value is -1.07. The van der Waals surface area contributed by atoms with Crippen molar-refractivity contribution in [1.29, 1.82) is 0 Å². The average molecular weight is 269 g/mol. The van der Waals surface area contributed by atoms with E-state index in [0.29, 0.717) is 12.5 Å². The van der Waals surface area contributed by atoms with Gasteiger partial charge in [0.1, 0.15) is 15.6 Å². The van der Waals surface area contributed by atoms with Crippen molar-refractivity contribution in [2.24, 2.45) is 0 Å². The maximum atomic E-state index is 11.2. The monoisotopic (exact) mass is 269 g/mol. The SMILES string of the molecule is CC(CS(C)(=O)=O)NCC1COc2ccccc21. The van der Waals surface area contributed by atoms with Crippen LogP contribution in [0.2, 0.25) is 0 Å². The number of benzene rings is 1. The van der Waals surface area contributed by atoms with Gasteiger partial charge in [-0.15, -0.1) is 0 Å². The third kappa shape index (κ3) is 3.46. The number of nitrogens with one attached hydrogen (secondary N) is 1.